The lowest BCUT2D eigenvalue weighted by Gasteiger charge is -2.26. The lowest BCUT2D eigenvalue weighted by molar-refractivity contribution is -0.143. The van der Waals surface area contributed by atoms with E-state index in [0.717, 1.165) is 17.0 Å². The first kappa shape index (κ1) is 13.8. The van der Waals surface area contributed by atoms with Gasteiger partial charge in [0.25, 0.3) is 0 Å². The monoisotopic (exact) mass is 281 g/mol. The molecule has 0 amide bonds. The highest BCUT2D eigenvalue weighted by atomic mass is 16.5. The van der Waals surface area contributed by atoms with Crippen LogP contribution < -0.4 is 0 Å². The molecule has 0 N–H and O–H groups in total. The summed E-state index contributed by atoms with van der Waals surface area (Å²) in [7, 11) is 0. The van der Waals surface area contributed by atoms with Crippen LogP contribution in [-0.2, 0) is 14.9 Å². The van der Waals surface area contributed by atoms with Crippen molar-refractivity contribution in [3.63, 3.8) is 0 Å². The van der Waals surface area contributed by atoms with Crippen molar-refractivity contribution >= 4 is 28.1 Å². The number of carbonyl (C=O) groups is 1. The molecule has 1 unspecified atom stereocenters. The van der Waals surface area contributed by atoms with Crippen LogP contribution in [0.5, 0.6) is 0 Å². The predicted octanol–water partition coefficient (Wildman–Crippen LogP) is 4.16. The second kappa shape index (κ2) is 4.99. The maximum absolute atomic E-state index is 12.0. The van der Waals surface area contributed by atoms with Crippen molar-refractivity contribution in [1.82, 2.24) is 0 Å². The first-order chi connectivity index (χ1) is 10.1. The van der Waals surface area contributed by atoms with Gasteiger partial charge in [-0.1, -0.05) is 30.3 Å². The summed E-state index contributed by atoms with van der Waals surface area (Å²) in [5, 5.41) is 2.35. The molecule has 1 aliphatic rings. The Kier molecular flexibility index (Phi) is 3.28. The molecule has 3 rings (SSSR count). The molecule has 21 heavy (non-hydrogen) atoms. The van der Waals surface area contributed by atoms with Gasteiger partial charge in [0.15, 0.2) is 0 Å². The fourth-order valence-corrected chi connectivity index (χ4v) is 3.14. The first-order valence-electron chi connectivity index (χ1n) is 7.30. The van der Waals surface area contributed by atoms with Crippen molar-refractivity contribution in [2.75, 3.05) is 6.61 Å². The molecular formula is C18H19NO2. The Morgan fingerprint density at radius 3 is 2.76 bits per heavy atom. The van der Waals surface area contributed by atoms with Crippen LogP contribution in [0.25, 0.3) is 10.8 Å². The number of rotatable bonds is 3. The molecule has 1 atom stereocenters. The molecule has 0 saturated heterocycles. The van der Waals surface area contributed by atoms with Gasteiger partial charge in [0.05, 0.1) is 18.7 Å². The predicted molar refractivity (Wildman–Crippen MR) is 85.3 cm³/mol. The van der Waals surface area contributed by atoms with E-state index in [4.69, 9.17) is 4.74 Å². The number of fused-ring (bicyclic) bond motifs is 3. The molecule has 0 saturated carbocycles. The van der Waals surface area contributed by atoms with Crippen LogP contribution >= 0.6 is 0 Å². The van der Waals surface area contributed by atoms with Gasteiger partial charge in [0, 0.05) is 11.1 Å². The van der Waals surface area contributed by atoms with Gasteiger partial charge in [-0.15, -0.1) is 0 Å². The third kappa shape index (κ3) is 2.13. The van der Waals surface area contributed by atoms with Crippen molar-refractivity contribution < 1.29 is 9.53 Å². The number of hydrogen-bond acceptors (Lipinski definition) is 3. The molecule has 0 radical (unpaired) electrons. The van der Waals surface area contributed by atoms with E-state index in [0.29, 0.717) is 13.0 Å². The minimum absolute atomic E-state index is 0.171. The van der Waals surface area contributed by atoms with E-state index in [1.54, 1.807) is 0 Å². The standard InChI is InChI=1S/C18H19NO2/c1-4-21-16(20)11-18(3)12(2)19-15-10-9-13-7-5-6-8-14(13)17(15)18/h5-10H,4,11H2,1-3H3. The van der Waals surface area contributed by atoms with Crippen LogP contribution in [-0.4, -0.2) is 18.3 Å². The molecule has 0 fully saturated rings. The van der Waals surface area contributed by atoms with Crippen molar-refractivity contribution in [3.8, 4) is 0 Å². The van der Waals surface area contributed by atoms with Gasteiger partial charge in [0.1, 0.15) is 0 Å². The van der Waals surface area contributed by atoms with Gasteiger partial charge in [-0.25, -0.2) is 0 Å². The lowest BCUT2D eigenvalue weighted by Crippen LogP contribution is -2.31. The van der Waals surface area contributed by atoms with E-state index in [-0.39, 0.29) is 11.4 Å². The fourth-order valence-electron chi connectivity index (χ4n) is 3.14. The number of hydrogen-bond donors (Lipinski definition) is 0. The topological polar surface area (TPSA) is 38.7 Å². The number of aliphatic imine (C=N–C) groups is 1. The second-order valence-corrected chi connectivity index (χ2v) is 5.69. The Balaban J connectivity index is 2.15. The third-order valence-corrected chi connectivity index (χ3v) is 4.35. The van der Waals surface area contributed by atoms with Gasteiger partial charge < -0.3 is 4.74 Å². The summed E-state index contributed by atoms with van der Waals surface area (Å²) in [6.45, 7) is 6.32. The van der Waals surface area contributed by atoms with Crippen molar-refractivity contribution in [3.05, 3.63) is 42.0 Å². The van der Waals surface area contributed by atoms with Gasteiger partial charge in [-0.05, 0) is 43.2 Å². The van der Waals surface area contributed by atoms with Crippen LogP contribution in [0.4, 0.5) is 5.69 Å². The Morgan fingerprint density at radius 2 is 2.00 bits per heavy atom. The van der Waals surface area contributed by atoms with Crippen molar-refractivity contribution in [2.45, 2.75) is 32.6 Å². The SMILES string of the molecule is CCOC(=O)CC1(C)C(C)=Nc2ccc3ccccc3c21. The third-order valence-electron chi connectivity index (χ3n) is 4.35. The zero-order chi connectivity index (χ0) is 15.0. The average molecular weight is 281 g/mol. The number of benzene rings is 2. The molecule has 3 heteroatoms. The molecule has 2 aromatic rings. The summed E-state index contributed by atoms with van der Waals surface area (Å²) in [6.07, 6.45) is 0.331. The number of ether oxygens (including phenoxy) is 1. The normalized spacial score (nSPS) is 20.2. The Bertz CT molecular complexity index is 748. The van der Waals surface area contributed by atoms with E-state index in [2.05, 4.69) is 30.1 Å². The highest BCUT2D eigenvalue weighted by Gasteiger charge is 2.40. The molecule has 3 nitrogen and oxygen atoms in total. The van der Waals surface area contributed by atoms with E-state index in [9.17, 15) is 4.79 Å². The summed E-state index contributed by atoms with van der Waals surface area (Å²) in [5.74, 6) is -0.171. The second-order valence-electron chi connectivity index (χ2n) is 5.69. The average Bonchev–Trinajstić information content (AvgIpc) is 2.71. The summed E-state index contributed by atoms with van der Waals surface area (Å²) < 4.78 is 5.15. The van der Waals surface area contributed by atoms with E-state index in [1.807, 2.05) is 32.0 Å². The van der Waals surface area contributed by atoms with E-state index < -0.39 is 0 Å². The summed E-state index contributed by atoms with van der Waals surface area (Å²) in [4.78, 5) is 16.7. The van der Waals surface area contributed by atoms with Gasteiger partial charge in [0.2, 0.25) is 0 Å². The molecular weight excluding hydrogens is 262 g/mol. The molecule has 0 aliphatic carbocycles. The molecule has 1 heterocycles. The quantitative estimate of drug-likeness (QED) is 0.792. The molecule has 0 aromatic heterocycles. The van der Waals surface area contributed by atoms with Crippen LogP contribution in [0.3, 0.4) is 0 Å². The Hall–Kier alpha value is -2.16. The summed E-state index contributed by atoms with van der Waals surface area (Å²) in [6, 6.07) is 12.4. The first-order valence-corrected chi connectivity index (χ1v) is 7.30. The molecule has 1 aliphatic heterocycles. The van der Waals surface area contributed by atoms with E-state index >= 15 is 0 Å². The van der Waals surface area contributed by atoms with Gasteiger partial charge in [-0.2, -0.15) is 0 Å². The number of nitrogens with zero attached hydrogens (tertiary/aromatic N) is 1. The largest absolute Gasteiger partial charge is 0.466 e. The van der Waals surface area contributed by atoms with Crippen LogP contribution in [0, 0.1) is 0 Å². The molecule has 0 spiro atoms. The van der Waals surface area contributed by atoms with E-state index in [1.165, 1.54) is 10.8 Å². The minimum atomic E-state index is -0.386. The Labute approximate surface area is 124 Å². The highest BCUT2D eigenvalue weighted by molar-refractivity contribution is 6.08. The maximum atomic E-state index is 12.0. The number of carbonyl (C=O) groups excluding carboxylic acids is 1. The molecule has 108 valence electrons. The van der Waals surface area contributed by atoms with Gasteiger partial charge in [-0.3, -0.25) is 9.79 Å². The van der Waals surface area contributed by atoms with Crippen LogP contribution in [0.2, 0.25) is 0 Å². The molecule has 0 bridgehead atoms. The number of esters is 1. The Morgan fingerprint density at radius 1 is 1.24 bits per heavy atom. The summed E-state index contributed by atoms with van der Waals surface area (Å²) in [5.41, 5.74) is 2.70. The highest BCUT2D eigenvalue weighted by Crippen LogP contribution is 2.46. The fraction of sp³-hybridized carbons (Fsp3) is 0.333. The maximum Gasteiger partial charge on any atom is 0.307 e. The van der Waals surface area contributed by atoms with Crippen LogP contribution in [0.15, 0.2) is 41.4 Å². The summed E-state index contributed by atoms with van der Waals surface area (Å²) >= 11 is 0. The van der Waals surface area contributed by atoms with Crippen molar-refractivity contribution in [1.29, 1.82) is 0 Å². The minimum Gasteiger partial charge on any atom is -0.466 e. The lowest BCUT2D eigenvalue weighted by atomic mass is 9.75. The molecule has 2 aromatic carbocycles. The van der Waals surface area contributed by atoms with Crippen molar-refractivity contribution in [2.24, 2.45) is 4.99 Å². The van der Waals surface area contributed by atoms with Crippen LogP contribution in [0.1, 0.15) is 32.8 Å². The van der Waals surface area contributed by atoms with Gasteiger partial charge >= 0.3 is 5.97 Å². The zero-order valence-electron chi connectivity index (χ0n) is 12.6. The zero-order valence-corrected chi connectivity index (χ0v) is 12.6. The smallest absolute Gasteiger partial charge is 0.307 e.